The first kappa shape index (κ1) is 17.1. The van der Waals surface area contributed by atoms with E-state index < -0.39 is 0 Å². The maximum atomic E-state index is 10.5. The maximum Gasteiger partial charge on any atom is 0.120 e. The van der Waals surface area contributed by atoms with Crippen LogP contribution in [0.3, 0.4) is 0 Å². The molecule has 5 rings (SSSR count). The Bertz CT molecular complexity index is 856. The molecule has 2 aromatic rings. The third-order valence-corrected chi connectivity index (χ3v) is 7.42. The lowest BCUT2D eigenvalue weighted by atomic mass is 9.55. The Morgan fingerprint density at radius 2 is 1.93 bits per heavy atom. The summed E-state index contributed by atoms with van der Waals surface area (Å²) < 4.78 is 6.05. The summed E-state index contributed by atoms with van der Waals surface area (Å²) in [5, 5.41) is 10.5. The molecule has 3 aliphatic rings. The van der Waals surface area contributed by atoms with Gasteiger partial charge in [-0.05, 0) is 72.3 Å². The fourth-order valence-corrected chi connectivity index (χ4v) is 5.82. The van der Waals surface area contributed by atoms with Crippen molar-refractivity contribution in [2.45, 2.75) is 51.2 Å². The summed E-state index contributed by atoms with van der Waals surface area (Å²) in [4.78, 5) is 0. The number of aryl methyl sites for hydroxylation is 1. The first-order valence-electron chi connectivity index (χ1n) is 10.3. The molecule has 0 aliphatic heterocycles. The standard InChI is InChI=1S/C25H28O2/c1-25-14-13-21-20-10-8-19(27-16-17-5-3-2-4-6-17)15-18(20)7-9-22(21)23(25)11-12-24(25)26/h2-6,8,10-12,15,21-24,26H,7,9,13-14,16H2,1H3/t21-,22-,23+,24+,25+/m0/s1. The Labute approximate surface area is 161 Å². The Morgan fingerprint density at radius 1 is 1.07 bits per heavy atom. The highest BCUT2D eigenvalue weighted by Gasteiger charge is 2.52. The van der Waals surface area contributed by atoms with Crippen LogP contribution in [0, 0.1) is 17.3 Å². The second kappa shape index (κ2) is 6.53. The molecule has 5 atom stereocenters. The van der Waals surface area contributed by atoms with Gasteiger partial charge in [-0.25, -0.2) is 0 Å². The van der Waals surface area contributed by atoms with Crippen LogP contribution < -0.4 is 4.74 Å². The Balaban J connectivity index is 1.35. The third-order valence-electron chi connectivity index (χ3n) is 7.42. The minimum absolute atomic E-state index is 0.0530. The molecule has 0 radical (unpaired) electrons. The van der Waals surface area contributed by atoms with Crippen LogP contribution in [0.2, 0.25) is 0 Å². The van der Waals surface area contributed by atoms with Gasteiger partial charge in [0.05, 0.1) is 6.10 Å². The molecule has 0 unspecified atom stereocenters. The van der Waals surface area contributed by atoms with Crippen molar-refractivity contribution < 1.29 is 9.84 Å². The van der Waals surface area contributed by atoms with E-state index in [1.165, 1.54) is 29.5 Å². The number of aliphatic hydroxyl groups excluding tert-OH is 1. The quantitative estimate of drug-likeness (QED) is 0.757. The number of benzene rings is 2. The van der Waals surface area contributed by atoms with E-state index in [4.69, 9.17) is 4.74 Å². The predicted molar refractivity (Wildman–Crippen MR) is 108 cm³/mol. The number of allylic oxidation sites excluding steroid dienone is 1. The van der Waals surface area contributed by atoms with Crippen LogP contribution in [0.25, 0.3) is 0 Å². The third kappa shape index (κ3) is 2.82. The van der Waals surface area contributed by atoms with Gasteiger partial charge in [0.2, 0.25) is 0 Å². The average molecular weight is 360 g/mol. The molecular formula is C25H28O2. The molecule has 0 heterocycles. The molecule has 2 heteroatoms. The van der Waals surface area contributed by atoms with E-state index in [1.807, 2.05) is 12.1 Å². The predicted octanol–water partition coefficient (Wildman–Crippen LogP) is 5.26. The molecule has 0 aromatic heterocycles. The second-order valence-corrected chi connectivity index (χ2v) is 8.84. The van der Waals surface area contributed by atoms with E-state index in [9.17, 15) is 5.11 Å². The highest BCUT2D eigenvalue weighted by molar-refractivity contribution is 5.41. The van der Waals surface area contributed by atoms with Gasteiger partial charge >= 0.3 is 0 Å². The van der Waals surface area contributed by atoms with E-state index in [0.717, 1.165) is 18.6 Å². The molecule has 0 bridgehead atoms. The van der Waals surface area contributed by atoms with Crippen molar-refractivity contribution in [2.24, 2.45) is 17.3 Å². The first-order valence-corrected chi connectivity index (χ1v) is 10.3. The highest BCUT2D eigenvalue weighted by Crippen LogP contribution is 2.58. The highest BCUT2D eigenvalue weighted by atomic mass is 16.5. The second-order valence-electron chi connectivity index (χ2n) is 8.84. The molecule has 140 valence electrons. The van der Waals surface area contributed by atoms with Crippen molar-refractivity contribution in [1.29, 1.82) is 0 Å². The van der Waals surface area contributed by atoms with Crippen LogP contribution >= 0.6 is 0 Å². The summed E-state index contributed by atoms with van der Waals surface area (Å²) >= 11 is 0. The molecule has 1 fully saturated rings. The van der Waals surface area contributed by atoms with Gasteiger partial charge in [0.15, 0.2) is 0 Å². The van der Waals surface area contributed by atoms with E-state index in [0.29, 0.717) is 24.4 Å². The molecule has 0 amide bonds. The van der Waals surface area contributed by atoms with Gasteiger partial charge in [-0.1, -0.05) is 55.5 Å². The van der Waals surface area contributed by atoms with Gasteiger partial charge in [0.1, 0.15) is 12.4 Å². The molecule has 1 saturated carbocycles. The summed E-state index contributed by atoms with van der Waals surface area (Å²) in [6, 6.07) is 17.1. The van der Waals surface area contributed by atoms with Crippen molar-refractivity contribution >= 4 is 0 Å². The summed E-state index contributed by atoms with van der Waals surface area (Å²) in [6.45, 7) is 2.91. The van der Waals surface area contributed by atoms with Gasteiger partial charge in [-0.15, -0.1) is 0 Å². The summed E-state index contributed by atoms with van der Waals surface area (Å²) in [5.74, 6) is 2.80. The SMILES string of the molecule is C[C@@]12CC[C@H]3c4ccc(OCc5ccccc5)cc4CC[C@@H]3[C@H]1C=C[C@H]2O. The number of ether oxygens (including phenoxy) is 1. The molecule has 27 heavy (non-hydrogen) atoms. The fourth-order valence-electron chi connectivity index (χ4n) is 5.82. The number of aliphatic hydroxyl groups is 1. The Hall–Kier alpha value is -2.06. The Kier molecular flexibility index (Phi) is 4.12. The normalized spacial score (nSPS) is 33.9. The lowest BCUT2D eigenvalue weighted by molar-refractivity contribution is -0.0101. The zero-order chi connectivity index (χ0) is 18.4. The van der Waals surface area contributed by atoms with E-state index >= 15 is 0 Å². The first-order chi connectivity index (χ1) is 13.1. The molecule has 2 aromatic carbocycles. The molecule has 1 N–H and O–H groups in total. The summed E-state index contributed by atoms with van der Waals surface area (Å²) in [5.41, 5.74) is 4.24. The monoisotopic (exact) mass is 360 g/mol. The smallest absolute Gasteiger partial charge is 0.120 e. The van der Waals surface area contributed by atoms with Gasteiger partial charge < -0.3 is 9.84 Å². The van der Waals surface area contributed by atoms with Crippen LogP contribution in [0.5, 0.6) is 5.75 Å². The molecular weight excluding hydrogens is 332 g/mol. The molecule has 0 spiro atoms. The number of hydrogen-bond acceptors (Lipinski definition) is 2. The lowest BCUT2D eigenvalue weighted by Crippen LogP contribution is -2.44. The zero-order valence-corrected chi connectivity index (χ0v) is 16.0. The Morgan fingerprint density at radius 3 is 2.78 bits per heavy atom. The van der Waals surface area contributed by atoms with E-state index in [2.05, 4.69) is 55.5 Å². The molecule has 3 aliphatic carbocycles. The summed E-state index contributed by atoms with van der Waals surface area (Å²) in [6.07, 6.45) is 8.73. The van der Waals surface area contributed by atoms with Crippen molar-refractivity contribution in [2.75, 3.05) is 0 Å². The topological polar surface area (TPSA) is 29.5 Å². The van der Waals surface area contributed by atoms with Crippen molar-refractivity contribution in [3.8, 4) is 5.75 Å². The van der Waals surface area contributed by atoms with Gasteiger partial charge in [-0.2, -0.15) is 0 Å². The van der Waals surface area contributed by atoms with Crippen LogP contribution in [-0.2, 0) is 13.0 Å². The summed E-state index contributed by atoms with van der Waals surface area (Å²) in [7, 11) is 0. The van der Waals surface area contributed by atoms with Gasteiger partial charge in [0.25, 0.3) is 0 Å². The molecule has 0 saturated heterocycles. The van der Waals surface area contributed by atoms with Crippen molar-refractivity contribution in [3.05, 3.63) is 77.4 Å². The lowest BCUT2D eigenvalue weighted by Gasteiger charge is -2.50. The average Bonchev–Trinajstić information content (AvgIpc) is 3.01. The van der Waals surface area contributed by atoms with Gasteiger partial charge in [-0.3, -0.25) is 0 Å². The zero-order valence-electron chi connectivity index (χ0n) is 16.0. The van der Waals surface area contributed by atoms with E-state index in [-0.39, 0.29) is 11.5 Å². The number of fused-ring (bicyclic) bond motifs is 5. The van der Waals surface area contributed by atoms with Gasteiger partial charge in [0, 0.05) is 5.41 Å². The van der Waals surface area contributed by atoms with Crippen molar-refractivity contribution in [1.82, 2.24) is 0 Å². The molecule has 2 nitrogen and oxygen atoms in total. The van der Waals surface area contributed by atoms with Crippen LogP contribution in [0.4, 0.5) is 0 Å². The number of rotatable bonds is 3. The van der Waals surface area contributed by atoms with Crippen LogP contribution in [-0.4, -0.2) is 11.2 Å². The fraction of sp³-hybridized carbons (Fsp3) is 0.440. The number of hydrogen-bond donors (Lipinski definition) is 1. The minimum Gasteiger partial charge on any atom is -0.489 e. The minimum atomic E-state index is -0.265. The van der Waals surface area contributed by atoms with Crippen molar-refractivity contribution in [3.63, 3.8) is 0 Å². The van der Waals surface area contributed by atoms with Crippen LogP contribution in [0.15, 0.2) is 60.7 Å². The van der Waals surface area contributed by atoms with Crippen LogP contribution in [0.1, 0.15) is 48.8 Å². The maximum absolute atomic E-state index is 10.5. The largest absolute Gasteiger partial charge is 0.489 e. The van der Waals surface area contributed by atoms with E-state index in [1.54, 1.807) is 0 Å².